The molecule has 0 N–H and O–H groups in total. The molecule has 2 aromatic carbocycles. The molecule has 0 aliphatic carbocycles. The predicted molar refractivity (Wildman–Crippen MR) is 94.4 cm³/mol. The molecular weight excluding hydrogens is 359 g/mol. The minimum Gasteiger partial charge on any atom is -0.444 e. The van der Waals surface area contributed by atoms with E-state index in [4.69, 9.17) is 4.74 Å². The predicted octanol–water partition coefficient (Wildman–Crippen LogP) is 4.09. The molecule has 0 radical (unpaired) electrons. The van der Waals surface area contributed by atoms with Crippen LogP contribution in [0, 0.1) is 0 Å². The van der Waals surface area contributed by atoms with Gasteiger partial charge in [0.2, 0.25) is 6.10 Å². The molecule has 142 valence electrons. The van der Waals surface area contributed by atoms with Gasteiger partial charge in [-0.15, -0.1) is 0 Å². The molecule has 0 heterocycles. The van der Waals surface area contributed by atoms with Crippen LogP contribution in [0.3, 0.4) is 0 Å². The highest BCUT2D eigenvalue weighted by atomic mass is 19.4. The molecule has 0 bridgehead atoms. The molecular formula is C20H18F3NO3. The van der Waals surface area contributed by atoms with Crippen LogP contribution in [0.25, 0.3) is 6.08 Å². The van der Waals surface area contributed by atoms with Crippen molar-refractivity contribution in [3.63, 3.8) is 0 Å². The van der Waals surface area contributed by atoms with Crippen LogP contribution < -0.4 is 0 Å². The van der Waals surface area contributed by atoms with E-state index in [1.54, 1.807) is 44.4 Å². The first-order chi connectivity index (χ1) is 12.7. The molecule has 0 spiro atoms. The zero-order chi connectivity index (χ0) is 20.0. The summed E-state index contributed by atoms with van der Waals surface area (Å²) in [6.07, 6.45) is -3.13. The Morgan fingerprint density at radius 2 is 1.59 bits per heavy atom. The summed E-state index contributed by atoms with van der Waals surface area (Å²) in [4.78, 5) is 25.7. The van der Waals surface area contributed by atoms with Crippen LogP contribution in [0.1, 0.15) is 22.8 Å². The van der Waals surface area contributed by atoms with E-state index in [0.29, 0.717) is 11.1 Å². The lowest BCUT2D eigenvalue weighted by atomic mass is 10.1. The van der Waals surface area contributed by atoms with Gasteiger partial charge in [-0.05, 0) is 23.8 Å². The number of amides is 1. The lowest BCUT2D eigenvalue weighted by molar-refractivity contribution is -0.155. The third-order valence-electron chi connectivity index (χ3n) is 3.65. The average Bonchev–Trinajstić information content (AvgIpc) is 2.64. The average molecular weight is 377 g/mol. The van der Waals surface area contributed by atoms with Crippen LogP contribution in [-0.2, 0) is 20.5 Å². The lowest BCUT2D eigenvalue weighted by Gasteiger charge is -2.20. The number of likely N-dealkylation sites (N-methyl/N-ethyl adjacent to an activating group) is 1. The summed E-state index contributed by atoms with van der Waals surface area (Å²) in [5.41, 5.74) is 0.144. The van der Waals surface area contributed by atoms with E-state index in [2.05, 4.69) is 0 Å². The number of hydrogen-bond acceptors (Lipinski definition) is 3. The highest BCUT2D eigenvalue weighted by molar-refractivity contribution is 5.90. The van der Waals surface area contributed by atoms with E-state index < -0.39 is 29.7 Å². The Morgan fingerprint density at radius 3 is 2.11 bits per heavy atom. The van der Waals surface area contributed by atoms with E-state index in [1.807, 2.05) is 0 Å². The Morgan fingerprint density at radius 1 is 1.00 bits per heavy atom. The maximum absolute atomic E-state index is 12.6. The second-order valence-electron chi connectivity index (χ2n) is 5.91. The van der Waals surface area contributed by atoms with Crippen LogP contribution in [0.4, 0.5) is 13.2 Å². The number of carbonyl (C=O) groups excluding carboxylic acids is 2. The summed E-state index contributed by atoms with van der Waals surface area (Å²) in [6, 6.07) is 12.9. The van der Waals surface area contributed by atoms with Crippen molar-refractivity contribution in [1.82, 2.24) is 4.90 Å². The van der Waals surface area contributed by atoms with Crippen molar-refractivity contribution < 1.29 is 27.5 Å². The molecule has 0 unspecified atom stereocenters. The van der Waals surface area contributed by atoms with Crippen molar-refractivity contribution in [3.8, 4) is 0 Å². The van der Waals surface area contributed by atoms with Gasteiger partial charge < -0.3 is 9.64 Å². The summed E-state index contributed by atoms with van der Waals surface area (Å²) in [6.45, 7) is 0. The highest BCUT2D eigenvalue weighted by Crippen LogP contribution is 2.29. The van der Waals surface area contributed by atoms with Gasteiger partial charge in [0.15, 0.2) is 0 Å². The van der Waals surface area contributed by atoms with E-state index in [1.165, 1.54) is 23.1 Å². The Labute approximate surface area is 154 Å². The minimum atomic E-state index is -4.42. The molecule has 2 aromatic rings. The van der Waals surface area contributed by atoms with E-state index in [-0.39, 0.29) is 0 Å². The van der Waals surface area contributed by atoms with Crippen LogP contribution >= 0.6 is 0 Å². The number of hydrogen-bond donors (Lipinski definition) is 0. The molecule has 0 aliphatic rings. The van der Waals surface area contributed by atoms with Gasteiger partial charge in [0.1, 0.15) is 0 Å². The number of ether oxygens (including phenoxy) is 1. The zero-order valence-electron chi connectivity index (χ0n) is 14.7. The number of rotatable bonds is 5. The number of benzene rings is 2. The van der Waals surface area contributed by atoms with Gasteiger partial charge in [-0.25, -0.2) is 4.79 Å². The maximum atomic E-state index is 12.6. The van der Waals surface area contributed by atoms with Crippen molar-refractivity contribution >= 4 is 18.0 Å². The molecule has 1 amide bonds. The van der Waals surface area contributed by atoms with Crippen molar-refractivity contribution in [2.75, 3.05) is 14.1 Å². The Hall–Kier alpha value is -3.09. The van der Waals surface area contributed by atoms with Gasteiger partial charge in [-0.1, -0.05) is 42.5 Å². The lowest BCUT2D eigenvalue weighted by Crippen LogP contribution is -2.30. The molecule has 0 aromatic heterocycles. The Kier molecular flexibility index (Phi) is 6.39. The van der Waals surface area contributed by atoms with Gasteiger partial charge in [0.25, 0.3) is 5.91 Å². The number of nitrogens with zero attached hydrogens (tertiary/aromatic N) is 1. The fraction of sp³-hybridized carbons (Fsp3) is 0.200. The van der Waals surface area contributed by atoms with Crippen molar-refractivity contribution in [2.45, 2.75) is 12.3 Å². The first-order valence-electron chi connectivity index (χ1n) is 8.00. The van der Waals surface area contributed by atoms with Crippen molar-refractivity contribution in [2.24, 2.45) is 0 Å². The van der Waals surface area contributed by atoms with Crippen molar-refractivity contribution in [1.29, 1.82) is 0 Å². The van der Waals surface area contributed by atoms with E-state index >= 15 is 0 Å². The van der Waals surface area contributed by atoms with Gasteiger partial charge in [-0.2, -0.15) is 13.2 Å². The smallest absolute Gasteiger partial charge is 0.416 e. The minimum absolute atomic E-state index is 0.398. The quantitative estimate of drug-likeness (QED) is 0.582. The van der Waals surface area contributed by atoms with Crippen LogP contribution in [0.5, 0.6) is 0 Å². The third-order valence-corrected chi connectivity index (χ3v) is 3.65. The zero-order valence-corrected chi connectivity index (χ0v) is 14.7. The molecule has 0 aliphatic heterocycles. The van der Waals surface area contributed by atoms with E-state index in [9.17, 15) is 22.8 Å². The summed E-state index contributed by atoms with van der Waals surface area (Å²) in [7, 11) is 3.09. The molecule has 27 heavy (non-hydrogen) atoms. The van der Waals surface area contributed by atoms with Crippen LogP contribution in [0.2, 0.25) is 0 Å². The fourth-order valence-corrected chi connectivity index (χ4v) is 2.23. The maximum Gasteiger partial charge on any atom is 0.416 e. The van der Waals surface area contributed by atoms with E-state index in [0.717, 1.165) is 18.2 Å². The monoisotopic (exact) mass is 377 g/mol. The molecule has 0 fully saturated rings. The summed E-state index contributed by atoms with van der Waals surface area (Å²) >= 11 is 0. The molecule has 2 rings (SSSR count). The second-order valence-corrected chi connectivity index (χ2v) is 5.91. The molecule has 4 nitrogen and oxygen atoms in total. The Balaban J connectivity index is 2.11. The topological polar surface area (TPSA) is 46.6 Å². The van der Waals surface area contributed by atoms with Gasteiger partial charge in [-0.3, -0.25) is 4.79 Å². The molecule has 0 saturated carbocycles. The normalized spacial score (nSPS) is 12.6. The SMILES string of the molecule is CN(C)C(=O)[C@H](OC(=O)/C=C/c1ccc(C(F)(F)F)cc1)c1ccccc1. The van der Waals surface area contributed by atoms with Crippen LogP contribution in [-0.4, -0.2) is 30.9 Å². The first-order valence-corrected chi connectivity index (χ1v) is 8.00. The van der Waals surface area contributed by atoms with Gasteiger partial charge in [0.05, 0.1) is 5.56 Å². The fourth-order valence-electron chi connectivity index (χ4n) is 2.23. The van der Waals surface area contributed by atoms with Gasteiger partial charge >= 0.3 is 12.1 Å². The summed E-state index contributed by atoms with van der Waals surface area (Å²) in [5, 5.41) is 0. The Bertz CT molecular complexity index is 813. The highest BCUT2D eigenvalue weighted by Gasteiger charge is 2.30. The first kappa shape index (κ1) is 20.2. The second kappa shape index (κ2) is 8.53. The number of halogens is 3. The molecule has 1 atom stereocenters. The van der Waals surface area contributed by atoms with Crippen LogP contribution in [0.15, 0.2) is 60.7 Å². The largest absolute Gasteiger partial charge is 0.444 e. The molecule has 7 heteroatoms. The summed E-state index contributed by atoms with van der Waals surface area (Å²) in [5.74, 6) is -1.18. The number of esters is 1. The van der Waals surface area contributed by atoms with Gasteiger partial charge in [0, 0.05) is 25.7 Å². The summed E-state index contributed by atoms with van der Waals surface area (Å²) < 4.78 is 42.9. The number of carbonyl (C=O) groups is 2. The number of alkyl halides is 3. The molecule has 0 saturated heterocycles. The van der Waals surface area contributed by atoms with Crippen molar-refractivity contribution in [3.05, 3.63) is 77.4 Å². The standard InChI is InChI=1S/C20H18F3NO3/c1-24(2)19(26)18(15-6-4-3-5-7-15)27-17(25)13-10-14-8-11-16(12-9-14)20(21,22)23/h3-13,18H,1-2H3/b13-10+/t18-/m1/s1. The third kappa shape index (κ3) is 5.70.